The average molecular weight is 468 g/mol. The van der Waals surface area contributed by atoms with E-state index in [1.54, 1.807) is 6.20 Å². The number of nitrogens with zero attached hydrogens (tertiary/aromatic N) is 2. The van der Waals surface area contributed by atoms with Crippen molar-refractivity contribution in [3.05, 3.63) is 94.7 Å². The van der Waals surface area contributed by atoms with Gasteiger partial charge in [-0.05, 0) is 54.0 Å². The third kappa shape index (κ3) is 4.47. The standard InChI is InChI=1S/C30H33N3O2/c1-29(2,3)28(35)33(20-22-9-5-4-6-10-22)16-8-11-21-13-14-23-18-30(19-24(23)17-21)25-12-7-15-31-26(25)32-27(30)34/h4-7,9-10,12-15,17H,8,11,16,18-20H2,1-3H3,(H,31,32,34). The van der Waals surface area contributed by atoms with Crippen molar-refractivity contribution >= 4 is 17.6 Å². The maximum Gasteiger partial charge on any atom is 0.237 e. The predicted octanol–water partition coefficient (Wildman–Crippen LogP) is 5.08. The lowest BCUT2D eigenvalue weighted by molar-refractivity contribution is -0.140. The average Bonchev–Trinajstić information content (AvgIpc) is 3.35. The van der Waals surface area contributed by atoms with E-state index in [2.05, 4.69) is 40.6 Å². The molecule has 0 bridgehead atoms. The van der Waals surface area contributed by atoms with Gasteiger partial charge in [-0.2, -0.15) is 0 Å². The highest BCUT2D eigenvalue weighted by atomic mass is 16.2. The highest BCUT2D eigenvalue weighted by Crippen LogP contribution is 2.46. The van der Waals surface area contributed by atoms with Crippen LogP contribution in [0.5, 0.6) is 0 Å². The van der Waals surface area contributed by atoms with Gasteiger partial charge in [0.05, 0.1) is 5.41 Å². The van der Waals surface area contributed by atoms with Gasteiger partial charge in [-0.15, -0.1) is 0 Å². The molecule has 0 fully saturated rings. The number of fused-ring (bicyclic) bond motifs is 3. The molecule has 0 radical (unpaired) electrons. The first-order chi connectivity index (χ1) is 16.8. The van der Waals surface area contributed by atoms with Crippen molar-refractivity contribution in [3.8, 4) is 0 Å². The number of aromatic nitrogens is 1. The molecule has 5 nitrogen and oxygen atoms in total. The van der Waals surface area contributed by atoms with Crippen molar-refractivity contribution in [2.75, 3.05) is 11.9 Å². The van der Waals surface area contributed by atoms with Gasteiger partial charge in [-0.1, -0.05) is 75.4 Å². The maximum atomic E-state index is 13.1. The van der Waals surface area contributed by atoms with E-state index in [4.69, 9.17) is 0 Å². The minimum atomic E-state index is -0.532. The number of hydrogen-bond donors (Lipinski definition) is 1. The van der Waals surface area contributed by atoms with E-state index in [-0.39, 0.29) is 11.8 Å². The number of rotatable bonds is 6. The second kappa shape index (κ2) is 8.95. The largest absolute Gasteiger partial charge is 0.338 e. The van der Waals surface area contributed by atoms with Crippen LogP contribution in [0, 0.1) is 5.41 Å². The monoisotopic (exact) mass is 467 g/mol. The number of aryl methyl sites for hydroxylation is 1. The Bertz CT molecular complexity index is 1260. The van der Waals surface area contributed by atoms with Gasteiger partial charge in [-0.3, -0.25) is 9.59 Å². The summed E-state index contributed by atoms with van der Waals surface area (Å²) in [6.07, 6.45) is 4.95. The zero-order valence-corrected chi connectivity index (χ0v) is 20.8. The van der Waals surface area contributed by atoms with Crippen molar-refractivity contribution in [3.63, 3.8) is 0 Å². The number of benzene rings is 2. The minimum Gasteiger partial charge on any atom is -0.338 e. The van der Waals surface area contributed by atoms with Gasteiger partial charge in [-0.25, -0.2) is 4.98 Å². The molecule has 2 aromatic carbocycles. The Kier molecular flexibility index (Phi) is 5.96. The number of anilines is 1. The van der Waals surface area contributed by atoms with Crippen molar-refractivity contribution in [1.82, 2.24) is 9.88 Å². The molecule has 1 spiro atoms. The molecule has 1 unspecified atom stereocenters. The zero-order valence-electron chi connectivity index (χ0n) is 20.8. The molecule has 5 heteroatoms. The van der Waals surface area contributed by atoms with Gasteiger partial charge in [0.1, 0.15) is 5.82 Å². The SMILES string of the molecule is CC(C)(C)C(=O)N(CCCc1ccc2c(c1)CC1(C2)C(=O)Nc2ncccc21)Cc1ccccc1. The van der Waals surface area contributed by atoms with Gasteiger partial charge >= 0.3 is 0 Å². The van der Waals surface area contributed by atoms with Crippen LogP contribution in [0.3, 0.4) is 0 Å². The van der Waals surface area contributed by atoms with Crippen molar-refractivity contribution in [2.24, 2.45) is 5.41 Å². The summed E-state index contributed by atoms with van der Waals surface area (Å²) in [4.78, 5) is 32.4. The minimum absolute atomic E-state index is 0.0567. The van der Waals surface area contributed by atoms with Crippen LogP contribution in [-0.4, -0.2) is 28.2 Å². The summed E-state index contributed by atoms with van der Waals surface area (Å²) in [5.41, 5.74) is 4.97. The van der Waals surface area contributed by atoms with Crippen molar-refractivity contribution in [1.29, 1.82) is 0 Å². The van der Waals surface area contributed by atoms with Crippen LogP contribution in [-0.2, 0) is 40.8 Å². The lowest BCUT2D eigenvalue weighted by Gasteiger charge is -2.30. The summed E-state index contributed by atoms with van der Waals surface area (Å²) in [6, 6.07) is 20.8. The lowest BCUT2D eigenvalue weighted by atomic mass is 9.79. The van der Waals surface area contributed by atoms with Crippen LogP contribution in [0.2, 0.25) is 0 Å². The first kappa shape index (κ1) is 23.3. The summed E-state index contributed by atoms with van der Waals surface area (Å²) in [5.74, 6) is 0.936. The van der Waals surface area contributed by atoms with E-state index in [0.717, 1.165) is 30.4 Å². The molecule has 2 heterocycles. The van der Waals surface area contributed by atoms with Crippen LogP contribution >= 0.6 is 0 Å². The van der Waals surface area contributed by atoms with Crippen LogP contribution in [0.15, 0.2) is 66.9 Å². The number of carbonyl (C=O) groups excluding carboxylic acids is 2. The number of carbonyl (C=O) groups is 2. The van der Waals surface area contributed by atoms with E-state index in [1.807, 2.05) is 56.0 Å². The molecule has 5 rings (SSSR count). The molecule has 1 atom stereocenters. The van der Waals surface area contributed by atoms with Gasteiger partial charge in [0, 0.05) is 30.3 Å². The number of pyridine rings is 1. The molecule has 1 N–H and O–H groups in total. The Balaban J connectivity index is 1.27. The first-order valence-electron chi connectivity index (χ1n) is 12.5. The summed E-state index contributed by atoms with van der Waals surface area (Å²) in [7, 11) is 0. The van der Waals surface area contributed by atoms with Gasteiger partial charge < -0.3 is 10.2 Å². The molecule has 1 aromatic heterocycles. The Morgan fingerprint density at radius 3 is 2.54 bits per heavy atom. The number of amides is 2. The van der Waals surface area contributed by atoms with E-state index in [9.17, 15) is 9.59 Å². The van der Waals surface area contributed by atoms with Gasteiger partial charge in [0.25, 0.3) is 0 Å². The highest BCUT2D eigenvalue weighted by molar-refractivity contribution is 6.06. The normalized spacial score (nSPS) is 18.3. The molecule has 1 aliphatic heterocycles. The van der Waals surface area contributed by atoms with Crippen LogP contribution < -0.4 is 5.32 Å². The predicted molar refractivity (Wildman–Crippen MR) is 138 cm³/mol. The molecule has 2 aliphatic rings. The molecule has 0 saturated heterocycles. The van der Waals surface area contributed by atoms with E-state index in [1.165, 1.54) is 16.7 Å². The Hall–Kier alpha value is -3.47. The maximum absolute atomic E-state index is 13.1. The van der Waals surface area contributed by atoms with Gasteiger partial charge in [0.15, 0.2) is 0 Å². The molecule has 35 heavy (non-hydrogen) atoms. The molecule has 2 amide bonds. The topological polar surface area (TPSA) is 62.3 Å². The van der Waals surface area contributed by atoms with Crippen LogP contribution in [0.1, 0.15) is 55.0 Å². The van der Waals surface area contributed by atoms with E-state index >= 15 is 0 Å². The Morgan fingerprint density at radius 2 is 1.77 bits per heavy atom. The summed E-state index contributed by atoms with van der Waals surface area (Å²) in [6.45, 7) is 7.29. The highest BCUT2D eigenvalue weighted by Gasteiger charge is 2.51. The second-order valence-corrected chi connectivity index (χ2v) is 11.0. The fraction of sp³-hybridized carbons (Fsp3) is 0.367. The third-order valence-corrected chi connectivity index (χ3v) is 7.28. The van der Waals surface area contributed by atoms with Crippen molar-refractivity contribution in [2.45, 2.75) is 58.4 Å². The first-order valence-corrected chi connectivity index (χ1v) is 12.5. The van der Waals surface area contributed by atoms with E-state index < -0.39 is 10.8 Å². The number of hydrogen-bond acceptors (Lipinski definition) is 3. The summed E-state index contributed by atoms with van der Waals surface area (Å²) >= 11 is 0. The van der Waals surface area contributed by atoms with Gasteiger partial charge in [0.2, 0.25) is 11.8 Å². The third-order valence-electron chi connectivity index (χ3n) is 7.28. The number of nitrogens with one attached hydrogen (secondary N) is 1. The zero-order chi connectivity index (χ0) is 24.6. The van der Waals surface area contributed by atoms with Crippen LogP contribution in [0.4, 0.5) is 5.82 Å². The quantitative estimate of drug-likeness (QED) is 0.550. The molecule has 0 saturated carbocycles. The van der Waals surface area contributed by atoms with Crippen LogP contribution in [0.25, 0.3) is 0 Å². The fourth-order valence-corrected chi connectivity index (χ4v) is 5.48. The molecule has 1 aliphatic carbocycles. The molecule has 3 aromatic rings. The van der Waals surface area contributed by atoms with E-state index in [0.29, 0.717) is 25.3 Å². The molecule has 180 valence electrons. The Labute approximate surface area is 207 Å². The van der Waals surface area contributed by atoms with Crippen molar-refractivity contribution < 1.29 is 9.59 Å². The molecular formula is C30H33N3O2. The Morgan fingerprint density at radius 1 is 1.00 bits per heavy atom. The summed E-state index contributed by atoms with van der Waals surface area (Å²) < 4.78 is 0. The summed E-state index contributed by atoms with van der Waals surface area (Å²) in [5, 5.41) is 2.98. The smallest absolute Gasteiger partial charge is 0.237 e. The lowest BCUT2D eigenvalue weighted by Crippen LogP contribution is -2.39. The molecular weight excluding hydrogens is 434 g/mol. The second-order valence-electron chi connectivity index (χ2n) is 11.0. The fourth-order valence-electron chi connectivity index (χ4n) is 5.48.